The van der Waals surface area contributed by atoms with Gasteiger partial charge in [0.2, 0.25) is 0 Å². The molecule has 1 atom stereocenters. The third-order valence-corrected chi connectivity index (χ3v) is 4.04. The van der Waals surface area contributed by atoms with Crippen LogP contribution >= 0.6 is 27.5 Å². The predicted octanol–water partition coefficient (Wildman–Crippen LogP) is 4.22. The van der Waals surface area contributed by atoms with E-state index in [1.54, 1.807) is 25.3 Å². The molecule has 21 heavy (non-hydrogen) atoms. The van der Waals surface area contributed by atoms with Gasteiger partial charge in [-0.3, -0.25) is 4.79 Å². The summed E-state index contributed by atoms with van der Waals surface area (Å²) in [6, 6.07) is 10.5. The second kappa shape index (κ2) is 5.58. The van der Waals surface area contributed by atoms with E-state index in [9.17, 15) is 4.79 Å². The number of hydrogen-bond donors (Lipinski definition) is 2. The Bertz CT molecular complexity index is 721. The van der Waals surface area contributed by atoms with Crippen LogP contribution in [0.4, 0.5) is 11.4 Å². The SMILES string of the molecule is COc1ccc(Cl)cc1NC1C(=O)Nc2cc(Br)ccc21. The van der Waals surface area contributed by atoms with Crippen molar-refractivity contribution in [1.82, 2.24) is 0 Å². The van der Waals surface area contributed by atoms with Gasteiger partial charge in [-0.05, 0) is 30.3 Å². The molecule has 1 aliphatic heterocycles. The summed E-state index contributed by atoms with van der Waals surface area (Å²) in [5.74, 6) is 0.530. The Kier molecular flexibility index (Phi) is 3.78. The fourth-order valence-electron chi connectivity index (χ4n) is 2.33. The van der Waals surface area contributed by atoms with Crippen LogP contribution in [0, 0.1) is 0 Å². The number of amides is 1. The second-order valence-electron chi connectivity index (χ2n) is 4.64. The van der Waals surface area contributed by atoms with Crippen molar-refractivity contribution in [2.24, 2.45) is 0 Å². The van der Waals surface area contributed by atoms with Crippen molar-refractivity contribution in [2.75, 3.05) is 17.7 Å². The highest BCUT2D eigenvalue weighted by Crippen LogP contribution is 2.37. The molecule has 0 saturated heterocycles. The minimum Gasteiger partial charge on any atom is -0.495 e. The monoisotopic (exact) mass is 366 g/mol. The number of benzene rings is 2. The molecule has 2 aromatic carbocycles. The predicted molar refractivity (Wildman–Crippen MR) is 87.1 cm³/mol. The average Bonchev–Trinajstić information content (AvgIpc) is 2.74. The lowest BCUT2D eigenvalue weighted by molar-refractivity contribution is -0.116. The van der Waals surface area contributed by atoms with Gasteiger partial charge in [0.15, 0.2) is 0 Å². The molecule has 3 rings (SSSR count). The van der Waals surface area contributed by atoms with E-state index in [-0.39, 0.29) is 5.91 Å². The summed E-state index contributed by atoms with van der Waals surface area (Å²) in [6.07, 6.45) is 0. The largest absolute Gasteiger partial charge is 0.495 e. The van der Waals surface area contributed by atoms with E-state index < -0.39 is 6.04 Å². The van der Waals surface area contributed by atoms with Crippen LogP contribution in [0.2, 0.25) is 5.02 Å². The molecule has 0 spiro atoms. The van der Waals surface area contributed by atoms with Crippen LogP contribution in [0.5, 0.6) is 5.75 Å². The van der Waals surface area contributed by atoms with Gasteiger partial charge in [0.05, 0.1) is 12.8 Å². The van der Waals surface area contributed by atoms with E-state index in [0.29, 0.717) is 16.5 Å². The Morgan fingerprint density at radius 3 is 2.86 bits per heavy atom. The van der Waals surface area contributed by atoms with E-state index in [1.165, 1.54) is 0 Å². The first-order valence-electron chi connectivity index (χ1n) is 6.29. The lowest BCUT2D eigenvalue weighted by Gasteiger charge is -2.16. The number of ether oxygens (including phenoxy) is 1. The molecule has 1 unspecified atom stereocenters. The molecule has 1 amide bonds. The van der Waals surface area contributed by atoms with E-state index in [1.807, 2.05) is 18.2 Å². The second-order valence-corrected chi connectivity index (χ2v) is 5.99. The Morgan fingerprint density at radius 1 is 1.29 bits per heavy atom. The lowest BCUT2D eigenvalue weighted by atomic mass is 10.1. The molecule has 2 aromatic rings. The summed E-state index contributed by atoms with van der Waals surface area (Å²) in [5.41, 5.74) is 2.37. The highest BCUT2D eigenvalue weighted by molar-refractivity contribution is 9.10. The maximum atomic E-state index is 12.2. The summed E-state index contributed by atoms with van der Waals surface area (Å²) in [4.78, 5) is 12.2. The van der Waals surface area contributed by atoms with E-state index in [4.69, 9.17) is 16.3 Å². The van der Waals surface area contributed by atoms with Crippen molar-refractivity contribution in [3.8, 4) is 5.75 Å². The molecular formula is C15H12BrClN2O2. The van der Waals surface area contributed by atoms with E-state index >= 15 is 0 Å². The number of carbonyl (C=O) groups excluding carboxylic acids is 1. The molecule has 0 aromatic heterocycles. The van der Waals surface area contributed by atoms with Gasteiger partial charge in [-0.2, -0.15) is 0 Å². The molecular weight excluding hydrogens is 356 g/mol. The van der Waals surface area contributed by atoms with Gasteiger partial charge in [-0.1, -0.05) is 33.6 Å². The zero-order valence-electron chi connectivity index (χ0n) is 11.1. The van der Waals surface area contributed by atoms with E-state index in [2.05, 4.69) is 26.6 Å². The van der Waals surface area contributed by atoms with Crippen molar-refractivity contribution in [3.63, 3.8) is 0 Å². The molecule has 0 aliphatic carbocycles. The van der Waals surface area contributed by atoms with Gasteiger partial charge >= 0.3 is 0 Å². The third kappa shape index (κ3) is 2.71. The fourth-order valence-corrected chi connectivity index (χ4v) is 2.86. The third-order valence-electron chi connectivity index (χ3n) is 3.31. The molecule has 1 aliphatic rings. The number of halogens is 2. The molecule has 1 heterocycles. The van der Waals surface area contributed by atoms with Crippen molar-refractivity contribution >= 4 is 44.8 Å². The number of rotatable bonds is 3. The van der Waals surface area contributed by atoms with Gasteiger partial charge in [0, 0.05) is 20.7 Å². The fraction of sp³-hybridized carbons (Fsp3) is 0.133. The van der Waals surface area contributed by atoms with E-state index in [0.717, 1.165) is 15.7 Å². The van der Waals surface area contributed by atoms with Crippen LogP contribution in [0.15, 0.2) is 40.9 Å². The zero-order valence-corrected chi connectivity index (χ0v) is 13.5. The average molecular weight is 368 g/mol. The number of fused-ring (bicyclic) bond motifs is 1. The van der Waals surface area contributed by atoms with Crippen molar-refractivity contribution in [2.45, 2.75) is 6.04 Å². The maximum Gasteiger partial charge on any atom is 0.251 e. The van der Waals surface area contributed by atoms with Gasteiger partial charge in [-0.15, -0.1) is 0 Å². The number of nitrogens with one attached hydrogen (secondary N) is 2. The van der Waals surface area contributed by atoms with Crippen LogP contribution < -0.4 is 15.4 Å². The summed E-state index contributed by atoms with van der Waals surface area (Å²) >= 11 is 9.41. The van der Waals surface area contributed by atoms with Crippen molar-refractivity contribution in [3.05, 3.63) is 51.5 Å². The number of carbonyl (C=O) groups is 1. The number of methoxy groups -OCH3 is 1. The molecule has 0 fully saturated rings. The smallest absolute Gasteiger partial charge is 0.251 e. The molecule has 0 bridgehead atoms. The Balaban J connectivity index is 1.96. The standard InChI is InChI=1S/C15H12BrClN2O2/c1-21-13-5-3-9(17)7-12(13)18-14-10-4-2-8(16)6-11(10)19-15(14)20/h2-7,14,18H,1H3,(H,19,20). The first-order valence-corrected chi connectivity index (χ1v) is 7.46. The first-order chi connectivity index (χ1) is 10.1. The van der Waals surface area contributed by atoms with Gasteiger partial charge in [-0.25, -0.2) is 0 Å². The molecule has 0 radical (unpaired) electrons. The van der Waals surface area contributed by atoms with Crippen LogP contribution in [-0.4, -0.2) is 13.0 Å². The van der Waals surface area contributed by atoms with Gasteiger partial charge < -0.3 is 15.4 Å². The summed E-state index contributed by atoms with van der Waals surface area (Å²) < 4.78 is 6.21. The van der Waals surface area contributed by atoms with Crippen LogP contribution in [0.3, 0.4) is 0 Å². The summed E-state index contributed by atoms with van der Waals surface area (Å²) in [5, 5.41) is 6.62. The molecule has 6 heteroatoms. The molecule has 2 N–H and O–H groups in total. The lowest BCUT2D eigenvalue weighted by Crippen LogP contribution is -2.20. The Morgan fingerprint density at radius 2 is 2.10 bits per heavy atom. The van der Waals surface area contributed by atoms with Crippen LogP contribution in [-0.2, 0) is 4.79 Å². The maximum absolute atomic E-state index is 12.2. The highest BCUT2D eigenvalue weighted by atomic mass is 79.9. The topological polar surface area (TPSA) is 50.4 Å². The zero-order chi connectivity index (χ0) is 15.0. The normalized spacial score (nSPS) is 16.3. The molecule has 4 nitrogen and oxygen atoms in total. The highest BCUT2D eigenvalue weighted by Gasteiger charge is 2.31. The minimum absolute atomic E-state index is 0.106. The summed E-state index contributed by atoms with van der Waals surface area (Å²) in [7, 11) is 1.58. The minimum atomic E-state index is -0.472. The molecule has 108 valence electrons. The van der Waals surface area contributed by atoms with Crippen molar-refractivity contribution < 1.29 is 9.53 Å². The van der Waals surface area contributed by atoms with Crippen molar-refractivity contribution in [1.29, 1.82) is 0 Å². The summed E-state index contributed by atoms with van der Waals surface area (Å²) in [6.45, 7) is 0. The molecule has 0 saturated carbocycles. The van der Waals surface area contributed by atoms with Crippen LogP contribution in [0.25, 0.3) is 0 Å². The van der Waals surface area contributed by atoms with Gasteiger partial charge in [0.25, 0.3) is 5.91 Å². The Labute approximate surface area is 135 Å². The van der Waals surface area contributed by atoms with Gasteiger partial charge in [0.1, 0.15) is 11.8 Å². The first kappa shape index (κ1) is 14.2. The quantitative estimate of drug-likeness (QED) is 0.854. The van der Waals surface area contributed by atoms with Crippen LogP contribution in [0.1, 0.15) is 11.6 Å². The number of hydrogen-bond acceptors (Lipinski definition) is 3. The number of anilines is 2. The Hall–Kier alpha value is -1.72.